The molecular weight excluding hydrogens is 252 g/mol. The topological polar surface area (TPSA) is 47.0 Å². The SMILES string of the molecule is O=c1[nH]c2cc(Cl)ccc2n1CC1CCOCC1. The minimum atomic E-state index is -0.0567. The molecule has 0 spiro atoms. The maximum absolute atomic E-state index is 12.0. The Morgan fingerprint density at radius 2 is 2.17 bits per heavy atom. The van der Waals surface area contributed by atoms with Gasteiger partial charge in [0.1, 0.15) is 0 Å². The van der Waals surface area contributed by atoms with Crippen LogP contribution in [0.5, 0.6) is 0 Å². The number of imidazole rings is 1. The van der Waals surface area contributed by atoms with Gasteiger partial charge in [-0.3, -0.25) is 4.57 Å². The summed E-state index contributed by atoms with van der Waals surface area (Å²) in [4.78, 5) is 14.8. The third-order valence-corrected chi connectivity index (χ3v) is 3.75. The summed E-state index contributed by atoms with van der Waals surface area (Å²) >= 11 is 5.92. The molecule has 2 aromatic rings. The van der Waals surface area contributed by atoms with E-state index in [1.807, 2.05) is 16.7 Å². The van der Waals surface area contributed by atoms with Crippen molar-refractivity contribution in [1.82, 2.24) is 9.55 Å². The molecule has 0 aliphatic carbocycles. The number of H-pyrrole nitrogens is 1. The van der Waals surface area contributed by atoms with Crippen LogP contribution in [0.3, 0.4) is 0 Å². The molecule has 3 rings (SSSR count). The molecule has 0 unspecified atom stereocenters. The van der Waals surface area contributed by atoms with E-state index in [4.69, 9.17) is 16.3 Å². The average Bonchev–Trinajstić information content (AvgIpc) is 2.66. The van der Waals surface area contributed by atoms with Crippen molar-refractivity contribution in [3.63, 3.8) is 0 Å². The lowest BCUT2D eigenvalue weighted by Gasteiger charge is -2.22. The van der Waals surface area contributed by atoms with Gasteiger partial charge < -0.3 is 9.72 Å². The molecule has 0 bridgehead atoms. The molecule has 1 N–H and O–H groups in total. The second-order valence-electron chi connectivity index (χ2n) is 4.76. The minimum absolute atomic E-state index is 0.0567. The van der Waals surface area contributed by atoms with Crippen LogP contribution in [-0.2, 0) is 11.3 Å². The van der Waals surface area contributed by atoms with Crippen LogP contribution in [0.15, 0.2) is 23.0 Å². The quantitative estimate of drug-likeness (QED) is 0.907. The number of ether oxygens (including phenoxy) is 1. The summed E-state index contributed by atoms with van der Waals surface area (Å²) in [5, 5.41) is 0.641. The summed E-state index contributed by atoms with van der Waals surface area (Å²) in [5.74, 6) is 0.520. The highest BCUT2D eigenvalue weighted by atomic mass is 35.5. The smallest absolute Gasteiger partial charge is 0.326 e. The third kappa shape index (κ3) is 2.18. The van der Waals surface area contributed by atoms with E-state index >= 15 is 0 Å². The Morgan fingerprint density at radius 1 is 1.39 bits per heavy atom. The third-order valence-electron chi connectivity index (χ3n) is 3.52. The van der Waals surface area contributed by atoms with Crippen molar-refractivity contribution in [3.8, 4) is 0 Å². The van der Waals surface area contributed by atoms with E-state index in [2.05, 4.69) is 4.98 Å². The highest BCUT2D eigenvalue weighted by molar-refractivity contribution is 6.31. The van der Waals surface area contributed by atoms with Gasteiger partial charge >= 0.3 is 5.69 Å². The molecule has 1 saturated heterocycles. The van der Waals surface area contributed by atoms with Gasteiger partial charge in [0.2, 0.25) is 0 Å². The molecule has 5 heteroatoms. The van der Waals surface area contributed by atoms with E-state index in [0.29, 0.717) is 10.9 Å². The van der Waals surface area contributed by atoms with Crippen molar-refractivity contribution in [2.24, 2.45) is 5.92 Å². The van der Waals surface area contributed by atoms with E-state index in [-0.39, 0.29) is 5.69 Å². The number of benzene rings is 1. The summed E-state index contributed by atoms with van der Waals surface area (Å²) < 4.78 is 7.15. The van der Waals surface area contributed by atoms with E-state index in [0.717, 1.165) is 43.6 Å². The molecule has 96 valence electrons. The number of aromatic amines is 1. The molecule has 0 atom stereocenters. The molecule has 1 aliphatic rings. The maximum Gasteiger partial charge on any atom is 0.326 e. The van der Waals surface area contributed by atoms with Crippen molar-refractivity contribution >= 4 is 22.6 Å². The summed E-state index contributed by atoms with van der Waals surface area (Å²) in [6.07, 6.45) is 2.04. The Bertz CT molecular complexity index is 611. The molecule has 0 radical (unpaired) electrons. The van der Waals surface area contributed by atoms with Crippen LogP contribution in [-0.4, -0.2) is 22.8 Å². The van der Waals surface area contributed by atoms with E-state index in [9.17, 15) is 4.79 Å². The lowest BCUT2D eigenvalue weighted by atomic mass is 10.0. The highest BCUT2D eigenvalue weighted by Gasteiger charge is 2.17. The fourth-order valence-corrected chi connectivity index (χ4v) is 2.68. The van der Waals surface area contributed by atoms with Crippen molar-refractivity contribution in [2.45, 2.75) is 19.4 Å². The van der Waals surface area contributed by atoms with Crippen LogP contribution in [0.2, 0.25) is 5.02 Å². The molecular formula is C13H15ClN2O2. The Balaban J connectivity index is 1.95. The maximum atomic E-state index is 12.0. The zero-order chi connectivity index (χ0) is 12.5. The van der Waals surface area contributed by atoms with Gasteiger partial charge in [0.15, 0.2) is 0 Å². The van der Waals surface area contributed by atoms with Crippen LogP contribution < -0.4 is 5.69 Å². The van der Waals surface area contributed by atoms with Crippen molar-refractivity contribution in [2.75, 3.05) is 13.2 Å². The number of aromatic nitrogens is 2. The van der Waals surface area contributed by atoms with E-state index in [1.165, 1.54) is 0 Å². The van der Waals surface area contributed by atoms with Crippen molar-refractivity contribution in [1.29, 1.82) is 0 Å². The Kier molecular flexibility index (Phi) is 3.14. The second kappa shape index (κ2) is 4.78. The van der Waals surface area contributed by atoms with Crippen LogP contribution in [0, 0.1) is 5.92 Å². The summed E-state index contributed by atoms with van der Waals surface area (Å²) in [6, 6.07) is 5.51. The van der Waals surface area contributed by atoms with E-state index in [1.54, 1.807) is 6.07 Å². The Hall–Kier alpha value is -1.26. The first kappa shape index (κ1) is 11.8. The van der Waals surface area contributed by atoms with Gasteiger partial charge in [-0.1, -0.05) is 11.6 Å². The number of nitrogens with zero attached hydrogens (tertiary/aromatic N) is 1. The first-order valence-corrected chi connectivity index (χ1v) is 6.57. The van der Waals surface area contributed by atoms with Crippen LogP contribution in [0.25, 0.3) is 11.0 Å². The van der Waals surface area contributed by atoms with Crippen LogP contribution in [0.1, 0.15) is 12.8 Å². The molecule has 0 amide bonds. The zero-order valence-electron chi connectivity index (χ0n) is 9.99. The van der Waals surface area contributed by atoms with Gasteiger partial charge in [-0.15, -0.1) is 0 Å². The number of hydrogen-bond acceptors (Lipinski definition) is 2. The standard InChI is InChI=1S/C13H15ClN2O2/c14-10-1-2-12-11(7-10)15-13(17)16(12)8-9-3-5-18-6-4-9/h1-2,7,9H,3-6,8H2,(H,15,17). The number of rotatable bonds is 2. The summed E-state index contributed by atoms with van der Waals surface area (Å²) in [5.41, 5.74) is 1.68. The van der Waals surface area contributed by atoms with Gasteiger partial charge in [0.25, 0.3) is 0 Å². The molecule has 2 heterocycles. The van der Waals surface area contributed by atoms with Crippen LogP contribution in [0.4, 0.5) is 0 Å². The minimum Gasteiger partial charge on any atom is -0.381 e. The number of nitrogens with one attached hydrogen (secondary N) is 1. The predicted octanol–water partition coefficient (Wildman–Crippen LogP) is 2.41. The normalized spacial score (nSPS) is 17.4. The van der Waals surface area contributed by atoms with Gasteiger partial charge in [-0.2, -0.15) is 0 Å². The van der Waals surface area contributed by atoms with Gasteiger partial charge in [0, 0.05) is 24.8 Å². The number of fused-ring (bicyclic) bond motifs is 1. The number of halogens is 1. The number of hydrogen-bond donors (Lipinski definition) is 1. The molecule has 1 aliphatic heterocycles. The van der Waals surface area contributed by atoms with Gasteiger partial charge in [0.05, 0.1) is 11.0 Å². The summed E-state index contributed by atoms with van der Waals surface area (Å²) in [6.45, 7) is 2.35. The van der Waals surface area contributed by atoms with Gasteiger partial charge in [-0.25, -0.2) is 4.79 Å². The predicted molar refractivity (Wildman–Crippen MR) is 71.1 cm³/mol. The van der Waals surface area contributed by atoms with E-state index < -0.39 is 0 Å². The highest BCUT2D eigenvalue weighted by Crippen LogP contribution is 2.20. The Morgan fingerprint density at radius 3 is 2.94 bits per heavy atom. The molecule has 18 heavy (non-hydrogen) atoms. The first-order valence-electron chi connectivity index (χ1n) is 6.20. The Labute approximate surface area is 110 Å². The lowest BCUT2D eigenvalue weighted by Crippen LogP contribution is -2.25. The van der Waals surface area contributed by atoms with Gasteiger partial charge in [-0.05, 0) is 37.0 Å². The molecule has 1 aromatic heterocycles. The monoisotopic (exact) mass is 266 g/mol. The molecule has 4 nitrogen and oxygen atoms in total. The molecule has 0 saturated carbocycles. The lowest BCUT2D eigenvalue weighted by molar-refractivity contribution is 0.0613. The fraction of sp³-hybridized carbons (Fsp3) is 0.462. The summed E-state index contributed by atoms with van der Waals surface area (Å²) in [7, 11) is 0. The average molecular weight is 267 g/mol. The molecule has 1 aromatic carbocycles. The second-order valence-corrected chi connectivity index (χ2v) is 5.19. The fourth-order valence-electron chi connectivity index (χ4n) is 2.50. The first-order chi connectivity index (χ1) is 8.74. The van der Waals surface area contributed by atoms with Crippen molar-refractivity contribution in [3.05, 3.63) is 33.7 Å². The largest absolute Gasteiger partial charge is 0.381 e. The van der Waals surface area contributed by atoms with Crippen molar-refractivity contribution < 1.29 is 4.74 Å². The molecule has 1 fully saturated rings. The van der Waals surface area contributed by atoms with Crippen LogP contribution >= 0.6 is 11.6 Å². The zero-order valence-corrected chi connectivity index (χ0v) is 10.7.